The van der Waals surface area contributed by atoms with Crippen LogP contribution in [0.2, 0.25) is 0 Å². The van der Waals surface area contributed by atoms with Gasteiger partial charge in [-0.15, -0.1) is 0 Å². The van der Waals surface area contributed by atoms with Crippen molar-refractivity contribution in [3.63, 3.8) is 0 Å². The molecule has 286 valence electrons. The molecule has 4 saturated heterocycles. The SMILES string of the molecule is Nc1ncnc2c1c(-c1ccc(Oc3ccccc3)nc1)nn2C1CCN(C2CN(C3CN(c4ccc5c(c4)C(=O)N(C4CCC(=O)NC4O)C5=O)C3)C2)CC1. The van der Waals surface area contributed by atoms with E-state index in [0.717, 1.165) is 79.3 Å². The summed E-state index contributed by atoms with van der Waals surface area (Å²) in [6.45, 7) is 5.67. The Hall–Kier alpha value is -5.97. The highest BCUT2D eigenvalue weighted by Crippen LogP contribution is 2.37. The molecule has 3 aromatic heterocycles. The number of nitrogens with two attached hydrogens (primary N) is 1. The molecule has 2 atom stereocenters. The smallest absolute Gasteiger partial charge is 0.262 e. The summed E-state index contributed by atoms with van der Waals surface area (Å²) >= 11 is 0. The fourth-order valence-electron chi connectivity index (χ4n) is 8.84. The number of benzene rings is 2. The highest BCUT2D eigenvalue weighted by molar-refractivity contribution is 6.22. The van der Waals surface area contributed by atoms with Crippen molar-refractivity contribution in [1.82, 2.24) is 44.7 Å². The molecule has 8 heterocycles. The van der Waals surface area contributed by atoms with Crippen LogP contribution in [0.5, 0.6) is 11.6 Å². The normalized spacial score (nSPS) is 22.6. The zero-order chi connectivity index (χ0) is 38.1. The number of nitrogens with zero attached hydrogens (tertiary/aromatic N) is 9. The molecular formula is C40H41N11O5. The molecule has 56 heavy (non-hydrogen) atoms. The highest BCUT2D eigenvalue weighted by Gasteiger charge is 2.46. The van der Waals surface area contributed by atoms with Gasteiger partial charge in [-0.3, -0.25) is 29.1 Å². The zero-order valence-corrected chi connectivity index (χ0v) is 30.6. The number of aliphatic hydroxyl groups is 1. The van der Waals surface area contributed by atoms with Gasteiger partial charge in [-0.2, -0.15) is 5.10 Å². The fourth-order valence-corrected chi connectivity index (χ4v) is 8.84. The van der Waals surface area contributed by atoms with Crippen molar-refractivity contribution in [2.45, 2.75) is 56.1 Å². The van der Waals surface area contributed by atoms with Gasteiger partial charge in [-0.1, -0.05) is 18.2 Å². The minimum Gasteiger partial charge on any atom is -0.439 e. The number of nitrogen functional groups attached to an aromatic ring is 1. The first-order valence-corrected chi connectivity index (χ1v) is 19.2. The first-order valence-electron chi connectivity index (χ1n) is 19.2. The maximum absolute atomic E-state index is 13.3. The molecule has 0 saturated carbocycles. The molecule has 5 aliphatic rings. The summed E-state index contributed by atoms with van der Waals surface area (Å²) in [6, 6.07) is 19.0. The van der Waals surface area contributed by atoms with Gasteiger partial charge in [0.1, 0.15) is 29.8 Å². The number of carbonyl (C=O) groups excluding carboxylic acids is 3. The summed E-state index contributed by atoms with van der Waals surface area (Å²) in [5, 5.41) is 18.6. The summed E-state index contributed by atoms with van der Waals surface area (Å²) in [6.07, 6.45) is 4.27. The summed E-state index contributed by atoms with van der Waals surface area (Å²) in [5.74, 6) is 0.457. The molecule has 10 rings (SSSR count). The Bertz CT molecular complexity index is 2330. The lowest BCUT2D eigenvalue weighted by Crippen LogP contribution is -2.70. The molecule has 2 aromatic carbocycles. The number of piperidine rings is 2. The van der Waals surface area contributed by atoms with Gasteiger partial charge in [-0.05, 0) is 55.7 Å². The first kappa shape index (κ1) is 34.5. The number of fused-ring (bicyclic) bond motifs is 2. The number of amides is 3. The number of pyridine rings is 1. The number of likely N-dealkylation sites (tertiary alicyclic amines) is 2. The average Bonchev–Trinajstić information content (AvgIpc) is 3.68. The van der Waals surface area contributed by atoms with Gasteiger partial charge in [0, 0.05) is 81.3 Å². The number of carbonyl (C=O) groups is 3. The largest absolute Gasteiger partial charge is 0.439 e. The van der Waals surface area contributed by atoms with Crippen molar-refractivity contribution < 1.29 is 24.2 Å². The number of hydrogen-bond acceptors (Lipinski definition) is 13. The van der Waals surface area contributed by atoms with Gasteiger partial charge in [0.05, 0.1) is 28.6 Å². The fraction of sp³-hybridized carbons (Fsp3) is 0.375. The average molecular weight is 756 g/mol. The van der Waals surface area contributed by atoms with Crippen molar-refractivity contribution >= 4 is 40.3 Å². The molecule has 4 N–H and O–H groups in total. The van der Waals surface area contributed by atoms with E-state index in [1.54, 1.807) is 18.3 Å². The van der Waals surface area contributed by atoms with E-state index >= 15 is 0 Å². The van der Waals surface area contributed by atoms with Gasteiger partial charge in [-0.25, -0.2) is 19.6 Å². The maximum Gasteiger partial charge on any atom is 0.262 e. The molecule has 0 radical (unpaired) electrons. The zero-order valence-electron chi connectivity index (χ0n) is 30.6. The number of ether oxygens (including phenoxy) is 1. The van der Waals surface area contributed by atoms with E-state index in [2.05, 4.69) is 35.0 Å². The Kier molecular flexibility index (Phi) is 8.41. The lowest BCUT2D eigenvalue weighted by molar-refractivity contribution is -0.129. The molecule has 3 amide bonds. The topological polar surface area (TPSA) is 188 Å². The van der Waals surface area contributed by atoms with E-state index in [-0.39, 0.29) is 24.8 Å². The van der Waals surface area contributed by atoms with E-state index in [1.807, 2.05) is 53.2 Å². The number of anilines is 2. The number of nitrogens with one attached hydrogen (secondary N) is 1. The molecule has 0 bridgehead atoms. The van der Waals surface area contributed by atoms with E-state index in [1.165, 1.54) is 6.33 Å². The number of imide groups is 1. The maximum atomic E-state index is 13.3. The predicted molar refractivity (Wildman–Crippen MR) is 205 cm³/mol. The second kappa shape index (κ2) is 13.6. The molecule has 5 aliphatic heterocycles. The molecule has 16 nitrogen and oxygen atoms in total. The molecule has 0 aliphatic carbocycles. The second-order valence-corrected chi connectivity index (χ2v) is 15.3. The summed E-state index contributed by atoms with van der Waals surface area (Å²) in [5.41, 5.74) is 10.3. The number of aliphatic hydroxyl groups excluding tert-OH is 1. The van der Waals surface area contributed by atoms with Gasteiger partial charge >= 0.3 is 0 Å². The van der Waals surface area contributed by atoms with Crippen molar-refractivity contribution in [2.24, 2.45) is 0 Å². The highest BCUT2D eigenvalue weighted by atomic mass is 16.5. The summed E-state index contributed by atoms with van der Waals surface area (Å²) in [4.78, 5) is 60.1. The van der Waals surface area contributed by atoms with Crippen LogP contribution >= 0.6 is 0 Å². The lowest BCUT2D eigenvalue weighted by atomic mass is 9.95. The van der Waals surface area contributed by atoms with E-state index in [9.17, 15) is 19.5 Å². The van der Waals surface area contributed by atoms with Gasteiger partial charge in [0.25, 0.3) is 11.8 Å². The monoisotopic (exact) mass is 755 g/mol. The van der Waals surface area contributed by atoms with Gasteiger partial charge in [0.2, 0.25) is 11.8 Å². The van der Waals surface area contributed by atoms with Crippen LogP contribution < -0.4 is 20.7 Å². The second-order valence-electron chi connectivity index (χ2n) is 15.3. The Balaban J connectivity index is 0.738. The van der Waals surface area contributed by atoms with E-state index in [0.29, 0.717) is 46.4 Å². The standard InChI is InChI=1S/C40H41N11O5/c41-36-34-35(23-6-11-33(42-17-23)56-28-4-2-1-3-5-28)46-51(37(34)44-22-43-36)24-12-14-47(15-13-24)26-18-49(19-26)27-20-48(21-27)25-7-8-29-30(16-25)40(55)50(39(29)54)31-9-10-32(52)45-38(31)53/h1-8,11,16-17,22,24,26-27,31,38,53H,9-10,12-15,18-21H2,(H,45,52)(H2,41,43,44). The molecular weight excluding hydrogens is 715 g/mol. The van der Waals surface area contributed by atoms with Crippen LogP contribution in [0.1, 0.15) is 52.4 Å². The molecule has 0 spiro atoms. The molecule has 2 unspecified atom stereocenters. The summed E-state index contributed by atoms with van der Waals surface area (Å²) in [7, 11) is 0. The Labute approximate surface area is 321 Å². The van der Waals surface area contributed by atoms with Gasteiger partial charge < -0.3 is 25.8 Å². The van der Waals surface area contributed by atoms with E-state index in [4.69, 9.17) is 15.6 Å². The number of aromatic nitrogens is 5. The van der Waals surface area contributed by atoms with Gasteiger partial charge in [0.15, 0.2) is 5.65 Å². The van der Waals surface area contributed by atoms with Crippen LogP contribution in [0.3, 0.4) is 0 Å². The first-order chi connectivity index (χ1) is 27.3. The minimum absolute atomic E-state index is 0.155. The van der Waals surface area contributed by atoms with Crippen molar-refractivity contribution in [3.05, 3.63) is 84.3 Å². The molecule has 4 fully saturated rings. The van der Waals surface area contributed by atoms with Crippen LogP contribution in [0, 0.1) is 0 Å². The lowest BCUT2D eigenvalue weighted by Gasteiger charge is -2.55. The van der Waals surface area contributed by atoms with E-state index < -0.39 is 24.1 Å². The Morgan fingerprint density at radius 2 is 1.57 bits per heavy atom. The van der Waals surface area contributed by atoms with Crippen molar-refractivity contribution in [2.75, 3.05) is 49.9 Å². The third-order valence-electron chi connectivity index (χ3n) is 12.1. The number of hydrogen-bond donors (Lipinski definition) is 3. The van der Waals surface area contributed by atoms with Crippen LogP contribution in [0.15, 0.2) is 73.2 Å². The Morgan fingerprint density at radius 1 is 0.804 bits per heavy atom. The minimum atomic E-state index is -1.27. The predicted octanol–water partition coefficient (Wildman–Crippen LogP) is 2.67. The van der Waals surface area contributed by atoms with Crippen LogP contribution in [-0.2, 0) is 4.79 Å². The van der Waals surface area contributed by atoms with Crippen LogP contribution in [0.4, 0.5) is 11.5 Å². The quantitative estimate of drug-likeness (QED) is 0.196. The third kappa shape index (κ3) is 5.91. The van der Waals surface area contributed by atoms with Crippen molar-refractivity contribution in [1.29, 1.82) is 0 Å². The molecule has 5 aromatic rings. The Morgan fingerprint density at radius 3 is 2.32 bits per heavy atom. The van der Waals surface area contributed by atoms with Crippen molar-refractivity contribution in [3.8, 4) is 22.9 Å². The third-order valence-corrected chi connectivity index (χ3v) is 12.1. The number of para-hydroxylation sites is 1. The van der Waals surface area contributed by atoms with Crippen LogP contribution in [-0.4, -0.2) is 126 Å². The van der Waals surface area contributed by atoms with Crippen LogP contribution in [0.25, 0.3) is 22.3 Å². The number of rotatable bonds is 8. The summed E-state index contributed by atoms with van der Waals surface area (Å²) < 4.78 is 7.92. The molecule has 16 heteroatoms.